The molecule has 102 valence electrons. The van der Waals surface area contributed by atoms with Crippen molar-refractivity contribution in [3.63, 3.8) is 0 Å². The molecule has 1 aromatic carbocycles. The van der Waals surface area contributed by atoms with Crippen LogP contribution in [-0.4, -0.2) is 6.04 Å². The minimum absolute atomic E-state index is 0.382. The number of aryl methyl sites for hydroxylation is 2. The van der Waals surface area contributed by atoms with Gasteiger partial charge in [-0.15, -0.1) is 0 Å². The van der Waals surface area contributed by atoms with Crippen molar-refractivity contribution in [1.29, 1.82) is 0 Å². The van der Waals surface area contributed by atoms with Crippen LogP contribution in [0.15, 0.2) is 47.1 Å². The van der Waals surface area contributed by atoms with Crippen molar-refractivity contribution >= 4 is 0 Å². The van der Waals surface area contributed by atoms with E-state index >= 15 is 0 Å². The van der Waals surface area contributed by atoms with Gasteiger partial charge < -0.3 is 9.73 Å². The van der Waals surface area contributed by atoms with E-state index in [2.05, 4.69) is 50.4 Å². The Morgan fingerprint density at radius 3 is 2.47 bits per heavy atom. The minimum atomic E-state index is 0.382. The van der Waals surface area contributed by atoms with E-state index in [0.717, 1.165) is 18.6 Å². The van der Waals surface area contributed by atoms with Crippen LogP contribution in [0.5, 0.6) is 0 Å². The molecule has 1 heterocycles. The lowest BCUT2D eigenvalue weighted by atomic mass is 10.0. The molecule has 0 bridgehead atoms. The van der Waals surface area contributed by atoms with Crippen LogP contribution >= 0.6 is 0 Å². The third-order valence-corrected chi connectivity index (χ3v) is 3.52. The zero-order valence-electron chi connectivity index (χ0n) is 12.0. The van der Waals surface area contributed by atoms with Crippen molar-refractivity contribution in [3.05, 3.63) is 59.5 Å². The molecule has 0 radical (unpaired) electrons. The first-order chi connectivity index (χ1) is 9.15. The first-order valence-electron chi connectivity index (χ1n) is 7.00. The summed E-state index contributed by atoms with van der Waals surface area (Å²) in [5, 5.41) is 3.64. The molecule has 1 unspecified atom stereocenters. The molecule has 0 saturated heterocycles. The van der Waals surface area contributed by atoms with Crippen LogP contribution < -0.4 is 5.32 Å². The number of furan rings is 1. The van der Waals surface area contributed by atoms with Gasteiger partial charge in [-0.05, 0) is 44.9 Å². The SMILES string of the molecule is Cc1ccc([C@@H](C)NC(C)CCc2ccco2)cc1. The minimum Gasteiger partial charge on any atom is -0.469 e. The van der Waals surface area contributed by atoms with Crippen molar-refractivity contribution < 1.29 is 4.42 Å². The number of hydrogen-bond acceptors (Lipinski definition) is 2. The van der Waals surface area contributed by atoms with Gasteiger partial charge in [0.2, 0.25) is 0 Å². The Morgan fingerprint density at radius 1 is 1.11 bits per heavy atom. The molecule has 2 nitrogen and oxygen atoms in total. The van der Waals surface area contributed by atoms with E-state index < -0.39 is 0 Å². The molecule has 2 aromatic rings. The number of hydrogen-bond donors (Lipinski definition) is 1. The van der Waals surface area contributed by atoms with E-state index in [9.17, 15) is 0 Å². The average Bonchev–Trinajstić information content (AvgIpc) is 2.90. The maximum absolute atomic E-state index is 5.36. The summed E-state index contributed by atoms with van der Waals surface area (Å²) in [6.45, 7) is 6.57. The fraction of sp³-hybridized carbons (Fsp3) is 0.412. The second-order valence-electron chi connectivity index (χ2n) is 5.32. The molecule has 0 fully saturated rings. The Balaban J connectivity index is 1.81. The molecule has 0 saturated carbocycles. The lowest BCUT2D eigenvalue weighted by Gasteiger charge is -2.20. The second kappa shape index (κ2) is 6.58. The summed E-state index contributed by atoms with van der Waals surface area (Å²) in [6, 6.07) is 13.6. The van der Waals surface area contributed by atoms with Crippen molar-refractivity contribution in [2.75, 3.05) is 0 Å². The third kappa shape index (κ3) is 4.25. The average molecular weight is 257 g/mol. The van der Waals surface area contributed by atoms with Gasteiger partial charge in [-0.3, -0.25) is 0 Å². The van der Waals surface area contributed by atoms with Crippen molar-refractivity contribution in [3.8, 4) is 0 Å². The molecule has 2 heteroatoms. The fourth-order valence-corrected chi connectivity index (χ4v) is 2.28. The topological polar surface area (TPSA) is 25.2 Å². The Morgan fingerprint density at radius 2 is 1.84 bits per heavy atom. The van der Waals surface area contributed by atoms with Crippen molar-refractivity contribution in [2.45, 2.75) is 45.7 Å². The van der Waals surface area contributed by atoms with Crippen LogP contribution in [-0.2, 0) is 6.42 Å². The summed E-state index contributed by atoms with van der Waals surface area (Å²) in [4.78, 5) is 0. The zero-order valence-corrected chi connectivity index (χ0v) is 12.0. The van der Waals surface area contributed by atoms with Crippen LogP contribution in [0.4, 0.5) is 0 Å². The van der Waals surface area contributed by atoms with E-state index in [4.69, 9.17) is 4.42 Å². The van der Waals surface area contributed by atoms with Crippen LogP contribution in [0.25, 0.3) is 0 Å². The standard InChI is InChI=1S/C17H23NO/c1-13-6-9-16(10-7-13)15(3)18-14(2)8-11-17-5-4-12-19-17/h4-7,9-10,12,14-15,18H,8,11H2,1-3H3/t14?,15-/m1/s1. The van der Waals surface area contributed by atoms with Gasteiger partial charge in [0.05, 0.1) is 6.26 Å². The van der Waals surface area contributed by atoms with Crippen LogP contribution in [0.1, 0.15) is 43.2 Å². The van der Waals surface area contributed by atoms with Gasteiger partial charge in [-0.1, -0.05) is 29.8 Å². The molecule has 19 heavy (non-hydrogen) atoms. The molecule has 2 atom stereocenters. The number of nitrogens with one attached hydrogen (secondary N) is 1. The lowest BCUT2D eigenvalue weighted by molar-refractivity contribution is 0.430. The quantitative estimate of drug-likeness (QED) is 0.836. The Kier molecular flexibility index (Phi) is 4.80. The highest BCUT2D eigenvalue weighted by Crippen LogP contribution is 2.15. The number of rotatable bonds is 6. The normalized spacial score (nSPS) is 14.3. The van der Waals surface area contributed by atoms with Gasteiger partial charge in [-0.25, -0.2) is 0 Å². The van der Waals surface area contributed by atoms with Gasteiger partial charge in [-0.2, -0.15) is 0 Å². The van der Waals surface area contributed by atoms with Gasteiger partial charge >= 0.3 is 0 Å². The summed E-state index contributed by atoms with van der Waals surface area (Å²) >= 11 is 0. The second-order valence-corrected chi connectivity index (χ2v) is 5.32. The highest BCUT2D eigenvalue weighted by atomic mass is 16.3. The maximum atomic E-state index is 5.36. The molecule has 0 aliphatic heterocycles. The van der Waals surface area contributed by atoms with Gasteiger partial charge in [0, 0.05) is 18.5 Å². The highest BCUT2D eigenvalue weighted by Gasteiger charge is 2.09. The molecule has 1 aromatic heterocycles. The smallest absolute Gasteiger partial charge is 0.103 e. The van der Waals surface area contributed by atoms with Crippen LogP contribution in [0, 0.1) is 6.92 Å². The summed E-state index contributed by atoms with van der Waals surface area (Å²) in [7, 11) is 0. The maximum Gasteiger partial charge on any atom is 0.103 e. The van der Waals surface area contributed by atoms with E-state index in [-0.39, 0.29) is 0 Å². The van der Waals surface area contributed by atoms with E-state index in [1.807, 2.05) is 12.1 Å². The Labute approximate surface area is 115 Å². The first-order valence-corrected chi connectivity index (χ1v) is 7.00. The first kappa shape index (κ1) is 13.9. The van der Waals surface area contributed by atoms with Crippen molar-refractivity contribution in [2.24, 2.45) is 0 Å². The predicted molar refractivity (Wildman–Crippen MR) is 79.2 cm³/mol. The summed E-state index contributed by atoms with van der Waals surface area (Å²) in [6.07, 6.45) is 3.81. The Hall–Kier alpha value is -1.54. The zero-order chi connectivity index (χ0) is 13.7. The third-order valence-electron chi connectivity index (χ3n) is 3.52. The molecular weight excluding hydrogens is 234 g/mol. The largest absolute Gasteiger partial charge is 0.469 e. The summed E-state index contributed by atoms with van der Waals surface area (Å²) in [5.41, 5.74) is 2.65. The molecular formula is C17H23NO. The highest BCUT2D eigenvalue weighted by molar-refractivity contribution is 5.23. The molecule has 2 rings (SSSR count). The Bertz CT molecular complexity index is 472. The van der Waals surface area contributed by atoms with Crippen LogP contribution in [0.2, 0.25) is 0 Å². The molecule has 0 spiro atoms. The molecule has 0 aliphatic rings. The monoisotopic (exact) mass is 257 g/mol. The summed E-state index contributed by atoms with van der Waals surface area (Å²) in [5.74, 6) is 1.07. The molecule has 0 aliphatic carbocycles. The van der Waals surface area contributed by atoms with E-state index in [1.165, 1.54) is 11.1 Å². The lowest BCUT2D eigenvalue weighted by Crippen LogP contribution is -2.29. The summed E-state index contributed by atoms with van der Waals surface area (Å²) < 4.78 is 5.36. The van der Waals surface area contributed by atoms with E-state index in [1.54, 1.807) is 6.26 Å². The van der Waals surface area contributed by atoms with Gasteiger partial charge in [0.25, 0.3) is 0 Å². The number of benzene rings is 1. The van der Waals surface area contributed by atoms with Gasteiger partial charge in [0.1, 0.15) is 5.76 Å². The molecule has 0 amide bonds. The predicted octanol–water partition coefficient (Wildman–Crippen LogP) is 4.26. The van der Waals surface area contributed by atoms with Gasteiger partial charge in [0.15, 0.2) is 0 Å². The molecule has 1 N–H and O–H groups in total. The van der Waals surface area contributed by atoms with E-state index in [0.29, 0.717) is 12.1 Å². The van der Waals surface area contributed by atoms with Crippen molar-refractivity contribution in [1.82, 2.24) is 5.32 Å². The van der Waals surface area contributed by atoms with Crippen LogP contribution in [0.3, 0.4) is 0 Å². The fourth-order valence-electron chi connectivity index (χ4n) is 2.28.